The lowest BCUT2D eigenvalue weighted by molar-refractivity contribution is 0.140. The Hall–Kier alpha value is -1.80. The van der Waals surface area contributed by atoms with E-state index in [1.54, 1.807) is 12.3 Å². The van der Waals surface area contributed by atoms with Gasteiger partial charge in [-0.25, -0.2) is 4.98 Å². The van der Waals surface area contributed by atoms with Gasteiger partial charge in [-0.15, -0.1) is 0 Å². The topological polar surface area (TPSA) is 52.4 Å². The number of rotatable bonds is 1. The number of hydrogen-bond acceptors (Lipinski definition) is 5. The van der Waals surface area contributed by atoms with E-state index in [0.29, 0.717) is 24.3 Å². The Labute approximate surface area is 113 Å². The van der Waals surface area contributed by atoms with Crippen molar-refractivity contribution in [1.82, 2.24) is 9.88 Å². The summed E-state index contributed by atoms with van der Waals surface area (Å²) in [5.74, 6) is 1.63. The van der Waals surface area contributed by atoms with Gasteiger partial charge in [-0.05, 0) is 13.8 Å². The maximum atomic E-state index is 8.90. The van der Waals surface area contributed by atoms with Crippen LogP contribution in [-0.2, 0) is 0 Å². The lowest BCUT2D eigenvalue weighted by Gasteiger charge is -2.46. The van der Waals surface area contributed by atoms with Crippen molar-refractivity contribution in [1.29, 1.82) is 5.26 Å². The number of pyridine rings is 1. The van der Waals surface area contributed by atoms with Crippen LogP contribution in [-0.4, -0.2) is 48.2 Å². The van der Waals surface area contributed by atoms with Crippen LogP contribution in [0.25, 0.3) is 0 Å². The Bertz CT molecular complexity index is 523. The maximum absolute atomic E-state index is 8.90. The summed E-state index contributed by atoms with van der Waals surface area (Å²) in [5, 5.41) is 8.90. The van der Waals surface area contributed by atoms with Gasteiger partial charge >= 0.3 is 0 Å². The van der Waals surface area contributed by atoms with Crippen molar-refractivity contribution in [2.45, 2.75) is 25.9 Å². The Morgan fingerprint density at radius 2 is 2.32 bits per heavy atom. The Morgan fingerprint density at radius 3 is 3.05 bits per heavy atom. The van der Waals surface area contributed by atoms with Crippen LogP contribution < -0.4 is 9.64 Å². The van der Waals surface area contributed by atoms with E-state index < -0.39 is 0 Å². The van der Waals surface area contributed by atoms with Crippen LogP contribution >= 0.6 is 0 Å². The molecule has 0 aromatic carbocycles. The highest BCUT2D eigenvalue weighted by Crippen LogP contribution is 2.33. The molecule has 0 spiro atoms. The van der Waals surface area contributed by atoms with Gasteiger partial charge in [-0.1, -0.05) is 0 Å². The molecule has 0 aliphatic carbocycles. The molecule has 100 valence electrons. The first-order chi connectivity index (χ1) is 9.19. The molecule has 0 radical (unpaired) electrons. The molecule has 3 heterocycles. The van der Waals surface area contributed by atoms with Gasteiger partial charge in [-0.2, -0.15) is 5.26 Å². The number of fused-ring (bicyclic) bond motifs is 3. The highest BCUT2D eigenvalue weighted by molar-refractivity contribution is 5.57. The number of piperazine rings is 1. The fourth-order valence-corrected chi connectivity index (χ4v) is 2.78. The third kappa shape index (κ3) is 2.13. The summed E-state index contributed by atoms with van der Waals surface area (Å²) in [6.07, 6.45) is 1.62. The van der Waals surface area contributed by atoms with E-state index in [9.17, 15) is 0 Å². The summed E-state index contributed by atoms with van der Waals surface area (Å²) in [6.45, 7) is 8.16. The number of ether oxygens (including phenoxy) is 1. The summed E-state index contributed by atoms with van der Waals surface area (Å²) >= 11 is 0. The maximum Gasteiger partial charge on any atom is 0.171 e. The number of hydrogen-bond donors (Lipinski definition) is 0. The predicted octanol–water partition coefficient (Wildman–Crippen LogP) is 1.24. The second-order valence-corrected chi connectivity index (χ2v) is 5.40. The summed E-state index contributed by atoms with van der Waals surface area (Å²) in [6, 6.07) is 4.82. The molecule has 2 aliphatic rings. The third-order valence-electron chi connectivity index (χ3n) is 3.91. The second kappa shape index (κ2) is 4.71. The van der Waals surface area contributed by atoms with Crippen molar-refractivity contribution < 1.29 is 4.74 Å². The number of anilines is 1. The van der Waals surface area contributed by atoms with Gasteiger partial charge in [0.1, 0.15) is 12.7 Å². The molecule has 1 aromatic heterocycles. The molecule has 0 N–H and O–H groups in total. The Kier molecular flexibility index (Phi) is 3.03. The van der Waals surface area contributed by atoms with E-state index in [0.717, 1.165) is 31.2 Å². The normalized spacial score (nSPS) is 22.4. The van der Waals surface area contributed by atoms with Gasteiger partial charge in [-0.3, -0.25) is 4.90 Å². The van der Waals surface area contributed by atoms with E-state index in [4.69, 9.17) is 10.00 Å². The van der Waals surface area contributed by atoms with Crippen LogP contribution in [0.3, 0.4) is 0 Å². The molecule has 3 rings (SSSR count). The van der Waals surface area contributed by atoms with Crippen molar-refractivity contribution >= 4 is 5.82 Å². The highest BCUT2D eigenvalue weighted by atomic mass is 16.5. The highest BCUT2D eigenvalue weighted by Gasteiger charge is 2.34. The number of nitrogens with zero attached hydrogens (tertiary/aromatic N) is 4. The molecule has 1 saturated heterocycles. The smallest absolute Gasteiger partial charge is 0.171 e. The third-order valence-corrected chi connectivity index (χ3v) is 3.91. The molecule has 5 nitrogen and oxygen atoms in total. The number of nitriles is 1. The van der Waals surface area contributed by atoms with E-state index >= 15 is 0 Å². The minimum Gasteiger partial charge on any atom is -0.487 e. The fourth-order valence-electron chi connectivity index (χ4n) is 2.78. The van der Waals surface area contributed by atoms with Crippen LogP contribution in [0.15, 0.2) is 12.3 Å². The zero-order chi connectivity index (χ0) is 13.4. The van der Waals surface area contributed by atoms with Crippen LogP contribution in [0.5, 0.6) is 5.75 Å². The summed E-state index contributed by atoms with van der Waals surface area (Å²) in [4.78, 5) is 9.19. The van der Waals surface area contributed by atoms with Crippen LogP contribution in [0.4, 0.5) is 5.82 Å². The van der Waals surface area contributed by atoms with Crippen molar-refractivity contribution in [3.63, 3.8) is 0 Å². The first-order valence-corrected chi connectivity index (χ1v) is 6.72. The molecule has 1 aromatic rings. The molecule has 0 bridgehead atoms. The minimum absolute atomic E-state index is 0.365. The molecule has 1 unspecified atom stereocenters. The van der Waals surface area contributed by atoms with Crippen molar-refractivity contribution in [3.05, 3.63) is 17.8 Å². The largest absolute Gasteiger partial charge is 0.487 e. The molecule has 19 heavy (non-hydrogen) atoms. The molecule has 0 saturated carbocycles. The van der Waals surface area contributed by atoms with E-state index in [2.05, 4.69) is 34.7 Å². The minimum atomic E-state index is 0.365. The number of aromatic nitrogens is 1. The summed E-state index contributed by atoms with van der Waals surface area (Å²) < 4.78 is 5.78. The van der Waals surface area contributed by atoms with E-state index in [1.165, 1.54) is 0 Å². The fraction of sp³-hybridized carbons (Fsp3) is 0.571. The molecule has 2 aliphatic heterocycles. The molecular weight excluding hydrogens is 240 g/mol. The molecule has 1 atom stereocenters. The lowest BCUT2D eigenvalue weighted by atomic mass is 10.1. The standard InChI is InChI=1S/C14H18N4O/c1-10(2)17-3-4-18-12(8-17)9-19-13-5-11(6-15)7-16-14(13)18/h5,7,10,12H,3-4,8-9H2,1-2H3. The van der Waals surface area contributed by atoms with E-state index in [1.807, 2.05) is 0 Å². The van der Waals surface area contributed by atoms with Gasteiger partial charge in [0, 0.05) is 37.9 Å². The Balaban J connectivity index is 1.85. The summed E-state index contributed by atoms with van der Waals surface area (Å²) in [5.41, 5.74) is 0.554. The van der Waals surface area contributed by atoms with Gasteiger partial charge in [0.15, 0.2) is 11.6 Å². The van der Waals surface area contributed by atoms with E-state index in [-0.39, 0.29) is 0 Å². The average Bonchev–Trinajstić information content (AvgIpc) is 2.45. The summed E-state index contributed by atoms with van der Waals surface area (Å²) in [7, 11) is 0. The predicted molar refractivity (Wildman–Crippen MR) is 72.3 cm³/mol. The van der Waals surface area contributed by atoms with Gasteiger partial charge in [0.25, 0.3) is 0 Å². The van der Waals surface area contributed by atoms with Crippen LogP contribution in [0.2, 0.25) is 0 Å². The average molecular weight is 258 g/mol. The molecule has 0 amide bonds. The molecule has 1 fully saturated rings. The van der Waals surface area contributed by atoms with Gasteiger partial charge < -0.3 is 9.64 Å². The second-order valence-electron chi connectivity index (χ2n) is 5.40. The monoisotopic (exact) mass is 258 g/mol. The molecular formula is C14H18N4O. The zero-order valence-corrected chi connectivity index (χ0v) is 11.3. The van der Waals surface area contributed by atoms with Crippen molar-refractivity contribution in [2.75, 3.05) is 31.1 Å². The zero-order valence-electron chi connectivity index (χ0n) is 11.3. The first-order valence-electron chi connectivity index (χ1n) is 6.72. The SMILES string of the molecule is CC(C)N1CCN2c3ncc(C#N)cc3OCC2C1. The quantitative estimate of drug-likeness (QED) is 0.758. The molecule has 5 heteroatoms. The lowest BCUT2D eigenvalue weighted by Crippen LogP contribution is -2.58. The van der Waals surface area contributed by atoms with Gasteiger partial charge in [0.05, 0.1) is 11.6 Å². The Morgan fingerprint density at radius 1 is 1.47 bits per heavy atom. The van der Waals surface area contributed by atoms with Crippen molar-refractivity contribution in [3.8, 4) is 11.8 Å². The van der Waals surface area contributed by atoms with Crippen LogP contribution in [0, 0.1) is 11.3 Å². The van der Waals surface area contributed by atoms with Crippen molar-refractivity contribution in [2.24, 2.45) is 0 Å². The first kappa shape index (κ1) is 12.2. The van der Waals surface area contributed by atoms with Gasteiger partial charge in [0.2, 0.25) is 0 Å². The van der Waals surface area contributed by atoms with Crippen LogP contribution in [0.1, 0.15) is 19.4 Å².